The van der Waals surface area contributed by atoms with Gasteiger partial charge in [-0.1, -0.05) is 36.8 Å². The molecule has 2 saturated heterocycles. The topological polar surface area (TPSA) is 73.9 Å². The molecule has 2 N–H and O–H groups in total. The molecule has 0 radical (unpaired) electrons. The minimum Gasteiger partial charge on any atom is -0.370 e. The number of hydrogen-bond donors (Lipinski definition) is 1. The van der Waals surface area contributed by atoms with Crippen molar-refractivity contribution in [3.05, 3.63) is 54.4 Å². The van der Waals surface area contributed by atoms with Crippen molar-refractivity contribution in [3.63, 3.8) is 0 Å². The van der Waals surface area contributed by atoms with E-state index in [4.69, 9.17) is 10.7 Å². The number of nitrogens with zero attached hydrogens (tertiary/aromatic N) is 6. The SMILES string of the molecule is NC(=NCC1CCCCN1Cc1ccccc1)N1CCN(c2ncccn2)CC1. The van der Waals surface area contributed by atoms with Crippen LogP contribution >= 0.6 is 0 Å². The molecule has 1 unspecified atom stereocenters. The predicted octanol–water partition coefficient (Wildman–Crippen LogP) is 1.97. The van der Waals surface area contributed by atoms with Gasteiger partial charge in [-0.15, -0.1) is 0 Å². The minimum absolute atomic E-state index is 0.474. The second-order valence-electron chi connectivity index (χ2n) is 7.83. The van der Waals surface area contributed by atoms with Crippen LogP contribution in [0, 0.1) is 0 Å². The lowest BCUT2D eigenvalue weighted by molar-refractivity contribution is 0.145. The summed E-state index contributed by atoms with van der Waals surface area (Å²) in [6.07, 6.45) is 7.32. The molecule has 2 aromatic rings. The molecular formula is C22H31N7. The van der Waals surface area contributed by atoms with Crippen LogP contribution in [0.15, 0.2) is 53.8 Å². The Bertz CT molecular complexity index is 772. The monoisotopic (exact) mass is 393 g/mol. The lowest BCUT2D eigenvalue weighted by Gasteiger charge is -2.36. The van der Waals surface area contributed by atoms with Crippen molar-refractivity contribution in [2.75, 3.05) is 44.2 Å². The van der Waals surface area contributed by atoms with Gasteiger partial charge in [-0.2, -0.15) is 0 Å². The molecule has 2 aliphatic rings. The van der Waals surface area contributed by atoms with Crippen LogP contribution in [0.2, 0.25) is 0 Å². The van der Waals surface area contributed by atoms with E-state index in [0.717, 1.165) is 51.8 Å². The maximum Gasteiger partial charge on any atom is 0.225 e. The fraction of sp³-hybridized carbons (Fsp3) is 0.500. The van der Waals surface area contributed by atoms with E-state index in [9.17, 15) is 0 Å². The molecule has 7 heteroatoms. The molecule has 1 atom stereocenters. The standard InChI is InChI=1S/C22H31N7/c23-21(27-13-15-28(16-14-27)22-24-10-6-11-25-22)26-17-20-9-4-5-12-29(20)18-19-7-2-1-3-8-19/h1-3,6-8,10-11,20H,4-5,9,12-18H2,(H2,23,26). The largest absolute Gasteiger partial charge is 0.370 e. The molecule has 3 heterocycles. The second kappa shape index (κ2) is 9.69. The molecule has 0 saturated carbocycles. The third kappa shape index (κ3) is 5.23. The van der Waals surface area contributed by atoms with Gasteiger partial charge in [-0.25, -0.2) is 9.97 Å². The average molecular weight is 394 g/mol. The number of hydrogen-bond acceptors (Lipinski definition) is 5. The van der Waals surface area contributed by atoms with Crippen molar-refractivity contribution in [2.24, 2.45) is 10.7 Å². The molecule has 0 aliphatic carbocycles. The molecule has 0 bridgehead atoms. The first kappa shape index (κ1) is 19.6. The molecule has 1 aromatic heterocycles. The van der Waals surface area contributed by atoms with Crippen LogP contribution in [-0.2, 0) is 6.54 Å². The van der Waals surface area contributed by atoms with Crippen molar-refractivity contribution in [2.45, 2.75) is 31.8 Å². The molecule has 29 heavy (non-hydrogen) atoms. The third-order valence-corrected chi connectivity index (χ3v) is 5.88. The Kier molecular flexibility index (Phi) is 6.56. The molecule has 4 rings (SSSR count). The summed E-state index contributed by atoms with van der Waals surface area (Å²) in [5.41, 5.74) is 7.73. The Morgan fingerprint density at radius 1 is 0.966 bits per heavy atom. The molecular weight excluding hydrogens is 362 g/mol. The van der Waals surface area contributed by atoms with E-state index in [1.54, 1.807) is 12.4 Å². The molecule has 0 amide bonds. The van der Waals surface area contributed by atoms with E-state index in [1.165, 1.54) is 24.8 Å². The van der Waals surface area contributed by atoms with Crippen LogP contribution in [-0.4, -0.2) is 71.0 Å². The van der Waals surface area contributed by atoms with Crippen LogP contribution in [0.4, 0.5) is 5.95 Å². The highest BCUT2D eigenvalue weighted by Crippen LogP contribution is 2.20. The lowest BCUT2D eigenvalue weighted by atomic mass is 10.0. The number of nitrogens with two attached hydrogens (primary N) is 1. The zero-order chi connectivity index (χ0) is 19.9. The van der Waals surface area contributed by atoms with Gasteiger partial charge in [0.15, 0.2) is 5.96 Å². The molecule has 1 aromatic carbocycles. The van der Waals surface area contributed by atoms with Crippen molar-refractivity contribution >= 4 is 11.9 Å². The summed E-state index contributed by atoms with van der Waals surface area (Å²) in [6, 6.07) is 13.0. The fourth-order valence-corrected chi connectivity index (χ4v) is 4.18. The van der Waals surface area contributed by atoms with Gasteiger partial charge in [0.1, 0.15) is 0 Å². The normalized spacial score (nSPS) is 21.4. The fourth-order valence-electron chi connectivity index (χ4n) is 4.18. The van der Waals surface area contributed by atoms with Crippen LogP contribution in [0.3, 0.4) is 0 Å². The number of likely N-dealkylation sites (tertiary alicyclic amines) is 1. The van der Waals surface area contributed by atoms with Gasteiger partial charge >= 0.3 is 0 Å². The van der Waals surface area contributed by atoms with Crippen molar-refractivity contribution in [3.8, 4) is 0 Å². The summed E-state index contributed by atoms with van der Waals surface area (Å²) in [5, 5.41) is 0. The molecule has 7 nitrogen and oxygen atoms in total. The number of aliphatic imine (C=N–C) groups is 1. The second-order valence-corrected chi connectivity index (χ2v) is 7.83. The Balaban J connectivity index is 1.30. The van der Waals surface area contributed by atoms with Crippen LogP contribution < -0.4 is 10.6 Å². The predicted molar refractivity (Wildman–Crippen MR) is 117 cm³/mol. The first-order chi connectivity index (χ1) is 14.3. The summed E-state index contributed by atoms with van der Waals surface area (Å²) in [5.74, 6) is 1.46. The van der Waals surface area contributed by atoms with E-state index >= 15 is 0 Å². The number of piperidine rings is 1. The Labute approximate surface area is 173 Å². The third-order valence-electron chi connectivity index (χ3n) is 5.88. The van der Waals surface area contributed by atoms with Gasteiger partial charge < -0.3 is 15.5 Å². The molecule has 154 valence electrons. The van der Waals surface area contributed by atoms with Crippen molar-refractivity contribution in [1.29, 1.82) is 0 Å². The smallest absolute Gasteiger partial charge is 0.225 e. The first-order valence-electron chi connectivity index (χ1n) is 10.6. The van der Waals surface area contributed by atoms with Gasteiger partial charge in [0.05, 0.1) is 6.54 Å². The highest BCUT2D eigenvalue weighted by atomic mass is 15.4. The maximum absolute atomic E-state index is 6.36. The Morgan fingerprint density at radius 2 is 1.72 bits per heavy atom. The van der Waals surface area contributed by atoms with E-state index < -0.39 is 0 Å². The zero-order valence-electron chi connectivity index (χ0n) is 17.0. The Hall–Kier alpha value is -2.67. The van der Waals surface area contributed by atoms with Crippen LogP contribution in [0.5, 0.6) is 0 Å². The highest BCUT2D eigenvalue weighted by Gasteiger charge is 2.24. The van der Waals surface area contributed by atoms with E-state index in [1.807, 2.05) is 6.07 Å². The van der Waals surface area contributed by atoms with Crippen LogP contribution in [0.25, 0.3) is 0 Å². The van der Waals surface area contributed by atoms with Crippen molar-refractivity contribution in [1.82, 2.24) is 19.8 Å². The maximum atomic E-state index is 6.36. The lowest BCUT2D eigenvalue weighted by Crippen LogP contribution is -2.52. The number of rotatable bonds is 5. The summed E-state index contributed by atoms with van der Waals surface area (Å²) < 4.78 is 0. The van der Waals surface area contributed by atoms with Crippen molar-refractivity contribution < 1.29 is 0 Å². The Morgan fingerprint density at radius 3 is 2.48 bits per heavy atom. The van der Waals surface area contributed by atoms with Crippen LogP contribution in [0.1, 0.15) is 24.8 Å². The molecule has 2 aliphatic heterocycles. The minimum atomic E-state index is 0.474. The highest BCUT2D eigenvalue weighted by molar-refractivity contribution is 5.78. The molecule has 2 fully saturated rings. The summed E-state index contributed by atoms with van der Waals surface area (Å²) in [6.45, 7) is 6.35. The van der Waals surface area contributed by atoms with Gasteiger partial charge in [-0.05, 0) is 31.0 Å². The number of guanidine groups is 1. The molecule has 0 spiro atoms. The average Bonchev–Trinajstić information content (AvgIpc) is 2.80. The van der Waals surface area contributed by atoms with Gasteiger partial charge in [0.2, 0.25) is 5.95 Å². The number of piperazine rings is 1. The number of aromatic nitrogens is 2. The van der Waals surface area contributed by atoms with Gasteiger partial charge in [0.25, 0.3) is 0 Å². The zero-order valence-corrected chi connectivity index (χ0v) is 17.0. The summed E-state index contributed by atoms with van der Waals surface area (Å²) in [4.78, 5) is 20.4. The van der Waals surface area contributed by atoms with E-state index in [0.29, 0.717) is 12.0 Å². The van der Waals surface area contributed by atoms with E-state index in [2.05, 4.69) is 55.0 Å². The number of benzene rings is 1. The first-order valence-corrected chi connectivity index (χ1v) is 10.6. The van der Waals surface area contributed by atoms with Gasteiger partial charge in [-0.3, -0.25) is 9.89 Å². The number of anilines is 1. The van der Waals surface area contributed by atoms with Gasteiger partial charge in [0, 0.05) is 51.2 Å². The quantitative estimate of drug-likeness (QED) is 0.618. The summed E-state index contributed by atoms with van der Waals surface area (Å²) >= 11 is 0. The summed E-state index contributed by atoms with van der Waals surface area (Å²) in [7, 11) is 0. The van der Waals surface area contributed by atoms with E-state index in [-0.39, 0.29) is 0 Å².